The molecule has 0 amide bonds. The number of aromatic nitrogens is 2. The maximum absolute atomic E-state index is 11.5. The molecule has 214 valence electrons. The van der Waals surface area contributed by atoms with Crippen LogP contribution in [0, 0.1) is 0 Å². The van der Waals surface area contributed by atoms with E-state index in [-0.39, 0.29) is 6.61 Å². The van der Waals surface area contributed by atoms with Crippen LogP contribution in [0.4, 0.5) is 0 Å². The highest BCUT2D eigenvalue weighted by molar-refractivity contribution is 8.00. The molecule has 1 aliphatic heterocycles. The highest BCUT2D eigenvalue weighted by Gasteiger charge is 2.29. The van der Waals surface area contributed by atoms with Crippen LogP contribution in [0.15, 0.2) is 90.0 Å². The van der Waals surface area contributed by atoms with Crippen LogP contribution in [0.25, 0.3) is 22.0 Å². The molecule has 0 bridgehead atoms. The van der Waals surface area contributed by atoms with Gasteiger partial charge in [-0.05, 0) is 54.8 Å². The van der Waals surface area contributed by atoms with E-state index in [0.29, 0.717) is 23.4 Å². The van der Waals surface area contributed by atoms with Crippen molar-refractivity contribution in [1.29, 1.82) is 0 Å². The van der Waals surface area contributed by atoms with Crippen LogP contribution >= 0.6 is 23.4 Å². The summed E-state index contributed by atoms with van der Waals surface area (Å²) in [7, 11) is 0. The van der Waals surface area contributed by atoms with E-state index in [1.54, 1.807) is 6.92 Å². The van der Waals surface area contributed by atoms with Gasteiger partial charge in [-0.25, -0.2) is 4.79 Å². The number of halogens is 1. The summed E-state index contributed by atoms with van der Waals surface area (Å²) in [6.07, 6.45) is 1.84. The third-order valence-electron chi connectivity index (χ3n) is 7.54. The third-order valence-corrected chi connectivity index (χ3v) is 9.04. The number of carboxylic acid groups (broad SMARTS) is 1. The van der Waals surface area contributed by atoms with Crippen molar-refractivity contribution in [3.8, 4) is 16.9 Å². The predicted octanol–water partition coefficient (Wildman–Crippen LogP) is 8.01. The molecule has 1 aliphatic rings. The van der Waals surface area contributed by atoms with E-state index < -0.39 is 12.1 Å². The summed E-state index contributed by atoms with van der Waals surface area (Å²) in [6, 6.07) is 26.2. The Bertz CT molecular complexity index is 1720. The second-order valence-corrected chi connectivity index (χ2v) is 12.4. The molecule has 2 atom stereocenters. The molecular formula is C34H31ClN2O4S. The normalized spacial score (nSPS) is 15.1. The second kappa shape index (κ2) is 12.2. The molecule has 6 rings (SSSR count). The number of nitrogens with zero attached hydrogens (tertiary/aromatic N) is 2. The summed E-state index contributed by atoms with van der Waals surface area (Å²) in [5.74, 6) is -0.133. The highest BCUT2D eigenvalue weighted by Crippen LogP contribution is 2.47. The predicted molar refractivity (Wildman–Crippen MR) is 167 cm³/mol. The summed E-state index contributed by atoms with van der Waals surface area (Å²) >= 11 is 7.96. The minimum Gasteiger partial charge on any atom is -0.487 e. The molecule has 3 heterocycles. The van der Waals surface area contributed by atoms with Crippen molar-refractivity contribution in [1.82, 2.24) is 9.55 Å². The summed E-state index contributed by atoms with van der Waals surface area (Å²) in [5, 5.41) is 11.6. The number of pyridine rings is 1. The Hall–Kier alpha value is -3.78. The van der Waals surface area contributed by atoms with Crippen molar-refractivity contribution in [2.75, 3.05) is 0 Å². The van der Waals surface area contributed by atoms with E-state index in [0.717, 1.165) is 61.6 Å². The summed E-state index contributed by atoms with van der Waals surface area (Å²) in [5.41, 5.74) is 7.37. The largest absolute Gasteiger partial charge is 0.487 e. The number of thioether (sulfide) groups is 1. The molecule has 0 radical (unpaired) electrons. The third kappa shape index (κ3) is 5.91. The number of benzene rings is 3. The van der Waals surface area contributed by atoms with Crippen molar-refractivity contribution in [2.24, 2.45) is 0 Å². The van der Waals surface area contributed by atoms with Gasteiger partial charge in [-0.3, -0.25) is 4.98 Å². The molecule has 0 saturated carbocycles. The summed E-state index contributed by atoms with van der Waals surface area (Å²) < 4.78 is 14.5. The first-order valence-corrected chi connectivity index (χ1v) is 15.2. The van der Waals surface area contributed by atoms with E-state index in [1.165, 1.54) is 0 Å². The molecule has 5 aromatic rings. The maximum Gasteiger partial charge on any atom is 0.332 e. The van der Waals surface area contributed by atoms with Gasteiger partial charge < -0.3 is 19.1 Å². The lowest BCUT2D eigenvalue weighted by Gasteiger charge is -2.22. The quantitative estimate of drug-likeness (QED) is 0.175. The van der Waals surface area contributed by atoms with Gasteiger partial charge in [-0.1, -0.05) is 67.1 Å². The van der Waals surface area contributed by atoms with E-state index in [1.807, 2.05) is 72.6 Å². The molecule has 42 heavy (non-hydrogen) atoms. The van der Waals surface area contributed by atoms with Gasteiger partial charge in [0.15, 0.2) is 6.10 Å². The Labute approximate surface area is 254 Å². The molecule has 3 aromatic carbocycles. The highest BCUT2D eigenvalue weighted by atomic mass is 35.5. The molecule has 1 N–H and O–H groups in total. The van der Waals surface area contributed by atoms with Gasteiger partial charge in [0.2, 0.25) is 0 Å². The lowest BCUT2D eigenvalue weighted by molar-refractivity contribution is -0.150. The smallest absolute Gasteiger partial charge is 0.332 e. The van der Waals surface area contributed by atoms with E-state index in [9.17, 15) is 9.90 Å². The minimum absolute atomic E-state index is 0.193. The van der Waals surface area contributed by atoms with E-state index >= 15 is 0 Å². The molecule has 0 aliphatic carbocycles. The van der Waals surface area contributed by atoms with Crippen LogP contribution in [0.1, 0.15) is 36.4 Å². The topological polar surface area (TPSA) is 73.6 Å². The maximum atomic E-state index is 11.5. The van der Waals surface area contributed by atoms with Crippen molar-refractivity contribution >= 4 is 40.2 Å². The fraction of sp³-hybridized carbons (Fsp3) is 0.235. The van der Waals surface area contributed by atoms with Gasteiger partial charge >= 0.3 is 5.97 Å². The van der Waals surface area contributed by atoms with Gasteiger partial charge in [0.25, 0.3) is 0 Å². The van der Waals surface area contributed by atoms with E-state index in [2.05, 4.69) is 40.7 Å². The Morgan fingerprint density at radius 2 is 1.83 bits per heavy atom. The number of carboxylic acids is 1. The molecule has 8 heteroatoms. The number of ether oxygens (including phenoxy) is 2. The van der Waals surface area contributed by atoms with Gasteiger partial charge in [-0.15, -0.1) is 11.8 Å². The standard InChI is InChI=1S/C34H31ClN2O4S/c1-21-16-28-31(41-19-27-13-10-25(17-36-27)24-6-4-3-5-7-24)15-14-29-32(28)33(42-21)30(20-40-22(2)34(38)39)37(29)18-23-8-11-26(35)12-9-23/h3-15,17,21-22H,16,18-20H2,1-2H3,(H,38,39). The molecule has 2 aromatic heterocycles. The van der Waals surface area contributed by atoms with Gasteiger partial charge in [-0.2, -0.15) is 0 Å². The van der Waals surface area contributed by atoms with Gasteiger partial charge in [0.1, 0.15) is 12.4 Å². The van der Waals surface area contributed by atoms with Crippen molar-refractivity contribution in [2.45, 2.75) is 56.3 Å². The average molecular weight is 599 g/mol. The molecule has 0 spiro atoms. The number of hydrogen-bond donors (Lipinski definition) is 1. The Morgan fingerprint density at radius 1 is 1.05 bits per heavy atom. The molecule has 6 nitrogen and oxygen atoms in total. The van der Waals surface area contributed by atoms with Crippen molar-refractivity contribution in [3.05, 3.63) is 113 Å². The fourth-order valence-electron chi connectivity index (χ4n) is 5.34. The zero-order valence-corrected chi connectivity index (χ0v) is 25.0. The Kier molecular flexibility index (Phi) is 8.24. The fourth-order valence-corrected chi connectivity index (χ4v) is 6.77. The zero-order chi connectivity index (χ0) is 29.2. The van der Waals surface area contributed by atoms with Crippen molar-refractivity contribution in [3.63, 3.8) is 0 Å². The number of hydrogen-bond acceptors (Lipinski definition) is 5. The van der Waals surface area contributed by atoms with Crippen LogP contribution in [0.5, 0.6) is 5.75 Å². The van der Waals surface area contributed by atoms with E-state index in [4.69, 9.17) is 21.1 Å². The summed E-state index contributed by atoms with van der Waals surface area (Å²) in [4.78, 5) is 17.3. The molecule has 0 fully saturated rings. The van der Waals surface area contributed by atoms with Gasteiger partial charge in [0.05, 0.1) is 23.5 Å². The van der Waals surface area contributed by atoms with Gasteiger partial charge in [0, 0.05) is 44.4 Å². The zero-order valence-electron chi connectivity index (χ0n) is 23.4. The lowest BCUT2D eigenvalue weighted by Crippen LogP contribution is -2.20. The Balaban J connectivity index is 1.34. The SMILES string of the molecule is CC1Cc2c(OCc3ccc(-c4ccccc4)cn3)ccc3c2c(c(COC(C)C(=O)O)n3Cc2ccc(Cl)cc2)S1. The monoisotopic (exact) mass is 598 g/mol. The van der Waals surface area contributed by atoms with Crippen molar-refractivity contribution < 1.29 is 19.4 Å². The summed E-state index contributed by atoms with van der Waals surface area (Å²) in [6.45, 7) is 4.94. The number of aliphatic carboxylic acids is 1. The number of carbonyl (C=O) groups is 1. The number of rotatable bonds is 10. The van der Waals surface area contributed by atoms with Crippen LogP contribution in [0.3, 0.4) is 0 Å². The average Bonchev–Trinajstić information content (AvgIpc) is 3.29. The van der Waals surface area contributed by atoms with Crippen LogP contribution in [0.2, 0.25) is 5.02 Å². The van der Waals surface area contributed by atoms with Crippen LogP contribution in [-0.2, 0) is 35.7 Å². The first kappa shape index (κ1) is 28.3. The lowest BCUT2D eigenvalue weighted by atomic mass is 10.0. The second-order valence-electron chi connectivity index (χ2n) is 10.5. The minimum atomic E-state index is -0.980. The Morgan fingerprint density at radius 3 is 2.55 bits per heavy atom. The van der Waals surface area contributed by atoms with Crippen LogP contribution < -0.4 is 4.74 Å². The first-order chi connectivity index (χ1) is 20.4. The first-order valence-electron chi connectivity index (χ1n) is 13.9. The molecule has 0 saturated heterocycles. The molecule has 2 unspecified atom stereocenters. The molecular weight excluding hydrogens is 568 g/mol. The van der Waals surface area contributed by atoms with Crippen LogP contribution in [-0.4, -0.2) is 32.0 Å².